The van der Waals surface area contributed by atoms with Gasteiger partial charge in [-0.3, -0.25) is 4.79 Å². The molecule has 31 heavy (non-hydrogen) atoms. The summed E-state index contributed by atoms with van der Waals surface area (Å²) in [6.45, 7) is 5.21. The van der Waals surface area contributed by atoms with Crippen LogP contribution in [0.1, 0.15) is 17.5 Å². The van der Waals surface area contributed by atoms with Gasteiger partial charge >= 0.3 is 6.03 Å². The van der Waals surface area contributed by atoms with Gasteiger partial charge in [-0.05, 0) is 30.3 Å². The van der Waals surface area contributed by atoms with E-state index in [1.165, 1.54) is 0 Å². The summed E-state index contributed by atoms with van der Waals surface area (Å²) in [6.07, 6.45) is 2.05. The first-order valence-corrected chi connectivity index (χ1v) is 10.7. The van der Waals surface area contributed by atoms with Crippen molar-refractivity contribution >= 4 is 17.8 Å². The number of nitrogens with zero attached hydrogens (tertiary/aromatic N) is 4. The molecule has 2 aromatic rings. The van der Waals surface area contributed by atoms with Crippen molar-refractivity contribution in [3.8, 4) is 0 Å². The van der Waals surface area contributed by atoms with Crippen LogP contribution < -0.4 is 15.5 Å². The fourth-order valence-electron chi connectivity index (χ4n) is 3.44. The molecular formula is C23H32N6O2. The van der Waals surface area contributed by atoms with Gasteiger partial charge in [-0.2, -0.15) is 0 Å². The van der Waals surface area contributed by atoms with Gasteiger partial charge in [0.15, 0.2) is 0 Å². The molecule has 0 aliphatic carbocycles. The summed E-state index contributed by atoms with van der Waals surface area (Å²) in [5.74, 6) is 0.940. The van der Waals surface area contributed by atoms with Crippen LogP contribution in [0.25, 0.3) is 0 Å². The Bertz CT molecular complexity index is 852. The predicted octanol–water partition coefficient (Wildman–Crippen LogP) is 1.68. The lowest BCUT2D eigenvalue weighted by Crippen LogP contribution is -2.44. The summed E-state index contributed by atoms with van der Waals surface area (Å²) in [5, 5.41) is 5.61. The van der Waals surface area contributed by atoms with Gasteiger partial charge in [-0.15, -0.1) is 0 Å². The standard InChI is InChI=1S/C23H32N6O2/c1-27-12-14-29(15-13-27)21-16-20(8-10-24-21)17-26-23(31)25-11-9-22(30)28(2)18-19-6-4-3-5-7-19/h3-8,10,16H,9,11-15,17-18H2,1-2H3,(H2,25,26,31). The van der Waals surface area contributed by atoms with Gasteiger partial charge in [0.25, 0.3) is 0 Å². The Balaban J connectivity index is 1.36. The third-order valence-electron chi connectivity index (χ3n) is 5.40. The maximum atomic E-state index is 12.3. The minimum absolute atomic E-state index is 0.00453. The van der Waals surface area contributed by atoms with Crippen molar-refractivity contribution in [3.05, 3.63) is 59.8 Å². The zero-order valence-corrected chi connectivity index (χ0v) is 18.4. The van der Waals surface area contributed by atoms with Gasteiger partial charge in [0, 0.05) is 65.5 Å². The van der Waals surface area contributed by atoms with Gasteiger partial charge in [0.2, 0.25) is 5.91 Å². The first-order valence-electron chi connectivity index (χ1n) is 10.7. The molecule has 1 fully saturated rings. The Morgan fingerprint density at radius 1 is 1.03 bits per heavy atom. The maximum absolute atomic E-state index is 12.3. The average molecular weight is 425 g/mol. The SMILES string of the molecule is CN1CCN(c2cc(CNC(=O)NCCC(=O)N(C)Cc3ccccc3)ccn2)CC1. The number of amides is 3. The average Bonchev–Trinajstić information content (AvgIpc) is 2.79. The zero-order valence-electron chi connectivity index (χ0n) is 18.4. The highest BCUT2D eigenvalue weighted by molar-refractivity contribution is 5.78. The molecule has 2 heterocycles. The van der Waals surface area contributed by atoms with Gasteiger partial charge in [0.1, 0.15) is 5.82 Å². The third kappa shape index (κ3) is 7.25. The number of piperazine rings is 1. The van der Waals surface area contributed by atoms with E-state index in [0.29, 0.717) is 19.6 Å². The highest BCUT2D eigenvalue weighted by atomic mass is 16.2. The Morgan fingerprint density at radius 3 is 2.52 bits per heavy atom. The third-order valence-corrected chi connectivity index (χ3v) is 5.40. The number of likely N-dealkylation sites (N-methyl/N-ethyl adjacent to an activating group) is 1. The summed E-state index contributed by atoms with van der Waals surface area (Å²) < 4.78 is 0. The molecule has 2 N–H and O–H groups in total. The van der Waals surface area contributed by atoms with Crippen molar-refractivity contribution in [2.45, 2.75) is 19.5 Å². The van der Waals surface area contributed by atoms with Crippen LogP contribution in [0.4, 0.5) is 10.6 Å². The van der Waals surface area contributed by atoms with Crippen LogP contribution in [0.15, 0.2) is 48.7 Å². The number of aromatic nitrogens is 1. The van der Waals surface area contributed by atoms with Crippen LogP contribution in [0.2, 0.25) is 0 Å². The van der Waals surface area contributed by atoms with E-state index >= 15 is 0 Å². The second-order valence-electron chi connectivity index (χ2n) is 7.91. The topological polar surface area (TPSA) is 80.8 Å². The normalized spacial score (nSPS) is 14.2. The molecule has 0 spiro atoms. The number of urea groups is 1. The molecule has 166 valence electrons. The van der Waals surface area contributed by atoms with Crippen molar-refractivity contribution in [1.82, 2.24) is 25.4 Å². The number of rotatable bonds is 8. The molecule has 0 saturated carbocycles. The first kappa shape index (κ1) is 22.6. The first-order chi connectivity index (χ1) is 15.0. The lowest BCUT2D eigenvalue weighted by molar-refractivity contribution is -0.130. The van der Waals surface area contributed by atoms with Crippen LogP contribution in [-0.4, -0.2) is 73.5 Å². The summed E-state index contributed by atoms with van der Waals surface area (Å²) in [6, 6.07) is 13.5. The molecular weight excluding hydrogens is 392 g/mol. The van der Waals surface area contributed by atoms with Crippen LogP contribution in [0.3, 0.4) is 0 Å². The largest absolute Gasteiger partial charge is 0.354 e. The van der Waals surface area contributed by atoms with E-state index in [9.17, 15) is 9.59 Å². The van der Waals surface area contributed by atoms with E-state index in [4.69, 9.17) is 0 Å². The Kier molecular flexibility index (Phi) is 8.23. The molecule has 0 unspecified atom stereocenters. The van der Waals surface area contributed by atoms with Gasteiger partial charge in [-0.1, -0.05) is 30.3 Å². The molecule has 3 amide bonds. The maximum Gasteiger partial charge on any atom is 0.315 e. The number of hydrogen-bond donors (Lipinski definition) is 2. The monoisotopic (exact) mass is 424 g/mol. The van der Waals surface area contributed by atoms with Gasteiger partial charge < -0.3 is 25.3 Å². The summed E-state index contributed by atoms with van der Waals surface area (Å²) in [4.78, 5) is 35.1. The molecule has 8 heteroatoms. The van der Waals surface area contributed by atoms with Gasteiger partial charge in [0.05, 0.1) is 0 Å². The molecule has 0 atom stereocenters. The lowest BCUT2D eigenvalue weighted by atomic mass is 10.2. The molecule has 1 aliphatic heterocycles. The molecule has 1 aromatic carbocycles. The number of pyridine rings is 1. The molecule has 0 radical (unpaired) electrons. The quantitative estimate of drug-likeness (QED) is 0.674. The minimum Gasteiger partial charge on any atom is -0.354 e. The molecule has 8 nitrogen and oxygen atoms in total. The van der Waals surface area contributed by atoms with Crippen LogP contribution >= 0.6 is 0 Å². The smallest absolute Gasteiger partial charge is 0.315 e. The Hall–Kier alpha value is -3.13. The fourth-order valence-corrected chi connectivity index (χ4v) is 3.44. The van der Waals surface area contributed by atoms with E-state index in [0.717, 1.165) is 43.1 Å². The van der Waals surface area contributed by atoms with Crippen LogP contribution in [0, 0.1) is 0 Å². The van der Waals surface area contributed by atoms with E-state index < -0.39 is 0 Å². The van der Waals surface area contributed by atoms with E-state index in [1.54, 1.807) is 18.1 Å². The van der Waals surface area contributed by atoms with Crippen molar-refractivity contribution < 1.29 is 9.59 Å². The molecule has 1 aromatic heterocycles. The molecule has 1 saturated heterocycles. The van der Waals surface area contributed by atoms with E-state index in [1.807, 2.05) is 42.5 Å². The number of carbonyl (C=O) groups excluding carboxylic acids is 2. The Morgan fingerprint density at radius 2 is 1.77 bits per heavy atom. The number of hydrogen-bond acceptors (Lipinski definition) is 5. The number of benzene rings is 1. The Labute approximate surface area is 184 Å². The lowest BCUT2D eigenvalue weighted by Gasteiger charge is -2.33. The number of nitrogens with one attached hydrogen (secondary N) is 2. The second kappa shape index (κ2) is 11.3. The molecule has 3 rings (SSSR count). The van der Waals surface area contributed by atoms with E-state index in [2.05, 4.69) is 32.5 Å². The highest BCUT2D eigenvalue weighted by Crippen LogP contribution is 2.14. The number of carbonyl (C=O) groups is 2. The predicted molar refractivity (Wildman–Crippen MR) is 122 cm³/mol. The molecule has 1 aliphatic rings. The number of anilines is 1. The second-order valence-corrected chi connectivity index (χ2v) is 7.91. The van der Waals surface area contributed by atoms with Crippen molar-refractivity contribution in [2.75, 3.05) is 51.7 Å². The van der Waals surface area contributed by atoms with Crippen LogP contribution in [0.5, 0.6) is 0 Å². The van der Waals surface area contributed by atoms with Gasteiger partial charge in [-0.25, -0.2) is 9.78 Å². The zero-order chi connectivity index (χ0) is 22.1. The van der Waals surface area contributed by atoms with Crippen molar-refractivity contribution in [3.63, 3.8) is 0 Å². The highest BCUT2D eigenvalue weighted by Gasteiger charge is 2.15. The van der Waals surface area contributed by atoms with Crippen LogP contribution in [-0.2, 0) is 17.9 Å². The fraction of sp³-hybridized carbons (Fsp3) is 0.435. The summed E-state index contributed by atoms with van der Waals surface area (Å²) >= 11 is 0. The van der Waals surface area contributed by atoms with E-state index in [-0.39, 0.29) is 18.4 Å². The summed E-state index contributed by atoms with van der Waals surface area (Å²) in [5.41, 5.74) is 2.08. The van der Waals surface area contributed by atoms with Crippen molar-refractivity contribution in [2.24, 2.45) is 0 Å². The minimum atomic E-state index is -0.281. The van der Waals surface area contributed by atoms with Crippen molar-refractivity contribution in [1.29, 1.82) is 0 Å². The molecule has 0 bridgehead atoms. The summed E-state index contributed by atoms with van der Waals surface area (Å²) in [7, 11) is 3.90.